The zero-order chi connectivity index (χ0) is 20.6. The number of benzene rings is 1. The van der Waals surface area contributed by atoms with Crippen molar-refractivity contribution in [2.75, 3.05) is 11.8 Å². The minimum Gasteiger partial charge on any atom is -0.496 e. The molecule has 4 unspecified atom stereocenters. The molecule has 2 aromatic rings. The van der Waals surface area contributed by atoms with Gasteiger partial charge in [0, 0.05) is 28.0 Å². The maximum Gasteiger partial charge on any atom is 0.237 e. The quantitative estimate of drug-likeness (QED) is 0.628. The molecule has 2 aliphatic rings. The molecule has 3 N–H and O–H groups in total. The van der Waals surface area contributed by atoms with Crippen LogP contribution in [0, 0.1) is 11.8 Å². The fourth-order valence-corrected chi connectivity index (χ4v) is 6.50. The number of nitrogens with one attached hydrogen (secondary N) is 3. The number of hydrogen-bond donors (Lipinski definition) is 3. The fraction of sp³-hybridized carbons (Fsp3) is 0.471. The van der Waals surface area contributed by atoms with Crippen molar-refractivity contribution >= 4 is 44.2 Å². The molecule has 0 radical (unpaired) electrons. The van der Waals surface area contributed by atoms with Crippen LogP contribution >= 0.6 is 23.1 Å². The van der Waals surface area contributed by atoms with E-state index in [1.54, 1.807) is 19.2 Å². The van der Waals surface area contributed by atoms with Gasteiger partial charge in [-0.1, -0.05) is 11.6 Å². The average Bonchev–Trinajstić information content (AvgIpc) is 3.20. The molecule has 1 aromatic heterocycles. The van der Waals surface area contributed by atoms with Crippen LogP contribution in [0.4, 0.5) is 5.13 Å². The Labute approximate surface area is 177 Å². The predicted molar refractivity (Wildman–Crippen MR) is 109 cm³/mol. The van der Waals surface area contributed by atoms with Crippen molar-refractivity contribution in [2.45, 2.75) is 30.6 Å². The highest BCUT2D eigenvalue weighted by Gasteiger charge is 2.47. The molecular weight excluding hydrogens is 438 g/mol. The minimum atomic E-state index is -3.67. The number of fused-ring (bicyclic) bond motifs is 1. The van der Waals surface area contributed by atoms with Crippen LogP contribution in [-0.2, 0) is 14.8 Å². The van der Waals surface area contributed by atoms with Crippen LogP contribution in [0.1, 0.15) is 30.9 Å². The standard InChI is InChI=1S/C17H20ClN5O4S2/c1-27-14-5-2-9(18)6-13(14)15-11-4-3-10(7-12(11)16(24)22-21-15)29(25,26)23-17-19-8-20-28-17/h2,5-6,8,10-12,15,21H,3-4,7H2,1H3,(H,22,24)(H,19,20,23). The van der Waals surface area contributed by atoms with Gasteiger partial charge in [0.15, 0.2) is 0 Å². The van der Waals surface area contributed by atoms with E-state index in [0.29, 0.717) is 23.6 Å². The zero-order valence-electron chi connectivity index (χ0n) is 15.5. The molecule has 1 amide bonds. The summed E-state index contributed by atoms with van der Waals surface area (Å²) in [4.78, 5) is 16.4. The molecule has 1 aliphatic heterocycles. The Balaban J connectivity index is 1.57. The highest BCUT2D eigenvalue weighted by atomic mass is 35.5. The maximum absolute atomic E-state index is 12.8. The second kappa shape index (κ2) is 8.05. The number of hydrazine groups is 1. The van der Waals surface area contributed by atoms with E-state index < -0.39 is 21.2 Å². The second-order valence-corrected chi connectivity index (χ2v) is 10.3. The van der Waals surface area contributed by atoms with E-state index in [1.165, 1.54) is 6.33 Å². The number of rotatable bonds is 5. The van der Waals surface area contributed by atoms with Gasteiger partial charge in [0.2, 0.25) is 21.1 Å². The normalized spacial score (nSPS) is 27.0. The fourth-order valence-electron chi connectivity index (χ4n) is 4.17. The van der Waals surface area contributed by atoms with Crippen molar-refractivity contribution in [3.63, 3.8) is 0 Å². The predicted octanol–water partition coefficient (Wildman–Crippen LogP) is 2.10. The van der Waals surface area contributed by atoms with Gasteiger partial charge < -0.3 is 4.74 Å². The molecular formula is C17H20ClN5O4S2. The van der Waals surface area contributed by atoms with E-state index in [1.807, 2.05) is 6.07 Å². The van der Waals surface area contributed by atoms with Gasteiger partial charge in [0.1, 0.15) is 12.1 Å². The van der Waals surface area contributed by atoms with Crippen LogP contribution in [-0.4, -0.2) is 36.0 Å². The molecule has 2 fully saturated rings. The largest absolute Gasteiger partial charge is 0.496 e. The molecule has 1 aromatic carbocycles. The lowest BCUT2D eigenvalue weighted by atomic mass is 9.72. The van der Waals surface area contributed by atoms with Gasteiger partial charge in [-0.15, -0.1) is 0 Å². The maximum atomic E-state index is 12.8. The van der Waals surface area contributed by atoms with Crippen molar-refractivity contribution in [3.8, 4) is 5.75 Å². The third kappa shape index (κ3) is 4.04. The van der Waals surface area contributed by atoms with Gasteiger partial charge in [-0.25, -0.2) is 18.8 Å². The summed E-state index contributed by atoms with van der Waals surface area (Å²) in [5.41, 5.74) is 6.59. The van der Waals surface area contributed by atoms with Gasteiger partial charge in [-0.3, -0.25) is 14.9 Å². The molecule has 0 spiro atoms. The molecule has 0 bridgehead atoms. The highest BCUT2D eigenvalue weighted by molar-refractivity contribution is 7.93. The molecule has 12 heteroatoms. The van der Waals surface area contributed by atoms with Crippen molar-refractivity contribution in [1.82, 2.24) is 20.2 Å². The first-order chi connectivity index (χ1) is 13.9. The Morgan fingerprint density at radius 1 is 1.34 bits per heavy atom. The lowest BCUT2D eigenvalue weighted by Crippen LogP contribution is -2.57. The van der Waals surface area contributed by atoms with Crippen molar-refractivity contribution in [1.29, 1.82) is 0 Å². The first-order valence-corrected chi connectivity index (χ1v) is 11.8. The third-order valence-electron chi connectivity index (χ3n) is 5.53. The lowest BCUT2D eigenvalue weighted by molar-refractivity contribution is -0.133. The molecule has 29 heavy (non-hydrogen) atoms. The van der Waals surface area contributed by atoms with Gasteiger partial charge >= 0.3 is 0 Å². The second-order valence-electron chi connectivity index (χ2n) is 7.10. The first kappa shape index (κ1) is 20.3. The number of carbonyl (C=O) groups excluding carboxylic acids is 1. The van der Waals surface area contributed by atoms with Gasteiger partial charge in [0.05, 0.1) is 18.4 Å². The number of sulfonamides is 1. The summed E-state index contributed by atoms with van der Waals surface area (Å²) in [7, 11) is -2.09. The summed E-state index contributed by atoms with van der Waals surface area (Å²) < 4.78 is 37.3. The molecule has 1 aliphatic carbocycles. The molecule has 2 heterocycles. The molecule has 4 rings (SSSR count). The summed E-state index contributed by atoms with van der Waals surface area (Å²) >= 11 is 7.15. The molecule has 4 atom stereocenters. The van der Waals surface area contributed by atoms with E-state index in [2.05, 4.69) is 24.9 Å². The average molecular weight is 458 g/mol. The Kier molecular flexibility index (Phi) is 5.65. The van der Waals surface area contributed by atoms with Crippen LogP contribution in [0.5, 0.6) is 5.75 Å². The van der Waals surface area contributed by atoms with Gasteiger partial charge in [-0.05, 0) is 43.4 Å². The SMILES string of the molecule is COc1ccc(Cl)cc1C1NNC(=O)C2CC(S(=O)(=O)Nc3ncns3)CCC21. The van der Waals surface area contributed by atoms with Crippen molar-refractivity contribution in [2.24, 2.45) is 11.8 Å². The topological polar surface area (TPSA) is 122 Å². The van der Waals surface area contributed by atoms with Crippen LogP contribution in [0.25, 0.3) is 0 Å². The van der Waals surface area contributed by atoms with Gasteiger partial charge in [0.25, 0.3) is 0 Å². The lowest BCUT2D eigenvalue weighted by Gasteiger charge is -2.43. The van der Waals surface area contributed by atoms with E-state index in [0.717, 1.165) is 17.1 Å². The Morgan fingerprint density at radius 3 is 2.90 bits per heavy atom. The number of carbonyl (C=O) groups is 1. The van der Waals surface area contributed by atoms with E-state index in [-0.39, 0.29) is 29.4 Å². The van der Waals surface area contributed by atoms with Gasteiger partial charge in [-0.2, -0.15) is 4.37 Å². The number of nitrogens with zero attached hydrogens (tertiary/aromatic N) is 2. The minimum absolute atomic E-state index is 0.0795. The van der Waals surface area contributed by atoms with Crippen LogP contribution in [0.3, 0.4) is 0 Å². The van der Waals surface area contributed by atoms with Crippen molar-refractivity contribution in [3.05, 3.63) is 35.1 Å². The summed E-state index contributed by atoms with van der Waals surface area (Å²) in [6.45, 7) is 0. The Morgan fingerprint density at radius 2 is 2.17 bits per heavy atom. The molecule has 9 nitrogen and oxygen atoms in total. The van der Waals surface area contributed by atoms with Crippen LogP contribution < -0.4 is 20.3 Å². The van der Waals surface area contributed by atoms with Crippen LogP contribution in [0.15, 0.2) is 24.5 Å². The number of ether oxygens (including phenoxy) is 1. The highest BCUT2D eigenvalue weighted by Crippen LogP contribution is 2.45. The summed E-state index contributed by atoms with van der Waals surface area (Å²) in [5.74, 6) is -0.0729. The summed E-state index contributed by atoms with van der Waals surface area (Å²) in [6, 6.07) is 5.11. The van der Waals surface area contributed by atoms with Crippen molar-refractivity contribution < 1.29 is 17.9 Å². The Bertz CT molecular complexity index is 1000. The van der Waals surface area contributed by atoms with E-state index in [4.69, 9.17) is 16.3 Å². The number of anilines is 1. The first-order valence-electron chi connectivity index (χ1n) is 9.06. The van der Waals surface area contributed by atoms with E-state index in [9.17, 15) is 13.2 Å². The number of aromatic nitrogens is 2. The van der Waals surface area contributed by atoms with E-state index >= 15 is 0 Å². The molecule has 1 saturated heterocycles. The number of hydrogen-bond acceptors (Lipinski definition) is 8. The number of methoxy groups -OCH3 is 1. The number of halogens is 1. The molecule has 156 valence electrons. The van der Waals surface area contributed by atoms with Crippen LogP contribution in [0.2, 0.25) is 5.02 Å². The molecule has 1 saturated carbocycles. The third-order valence-corrected chi connectivity index (χ3v) is 8.26. The monoisotopic (exact) mass is 457 g/mol. The zero-order valence-corrected chi connectivity index (χ0v) is 17.9. The Hall–Kier alpha value is -1.95. The summed E-state index contributed by atoms with van der Waals surface area (Å²) in [6.07, 6.45) is 2.52. The summed E-state index contributed by atoms with van der Waals surface area (Å²) in [5, 5.41) is 0.107. The smallest absolute Gasteiger partial charge is 0.237 e. The number of amides is 1.